The minimum Gasteiger partial charge on any atom is -0.494 e. The molecule has 15 heavy (non-hydrogen) atoms. The summed E-state index contributed by atoms with van der Waals surface area (Å²) in [6.45, 7) is 4.88. The normalized spacial score (nSPS) is 12.5. The van der Waals surface area contributed by atoms with Gasteiger partial charge in [-0.15, -0.1) is 11.6 Å². The van der Waals surface area contributed by atoms with Crippen LogP contribution in [0.4, 0.5) is 0 Å². The van der Waals surface area contributed by atoms with Crippen LogP contribution in [-0.2, 0) is 0 Å². The van der Waals surface area contributed by atoms with Crippen LogP contribution in [-0.4, -0.2) is 6.61 Å². The Kier molecular flexibility index (Phi) is 5.56. The van der Waals surface area contributed by atoms with Crippen LogP contribution in [0.15, 0.2) is 24.3 Å². The Labute approximate surface area is 97.4 Å². The van der Waals surface area contributed by atoms with Crippen molar-refractivity contribution in [2.75, 3.05) is 6.61 Å². The summed E-state index contributed by atoms with van der Waals surface area (Å²) >= 11 is 6.27. The number of rotatable bonds is 6. The molecule has 84 valence electrons. The molecular formula is C13H19ClO. The Hall–Kier alpha value is -0.690. The molecule has 0 amide bonds. The first-order valence-electron chi connectivity index (χ1n) is 5.64. The van der Waals surface area contributed by atoms with Crippen LogP contribution < -0.4 is 4.74 Å². The Morgan fingerprint density at radius 2 is 1.87 bits per heavy atom. The Bertz CT molecular complexity index is 268. The van der Waals surface area contributed by atoms with Crippen molar-refractivity contribution in [1.29, 1.82) is 0 Å². The number of halogens is 1. The highest BCUT2D eigenvalue weighted by molar-refractivity contribution is 6.20. The van der Waals surface area contributed by atoms with Crippen molar-refractivity contribution in [2.45, 2.75) is 38.5 Å². The minimum absolute atomic E-state index is 0.139. The lowest BCUT2D eigenvalue weighted by Crippen LogP contribution is -1.93. The summed E-state index contributed by atoms with van der Waals surface area (Å²) in [5, 5.41) is 0.139. The van der Waals surface area contributed by atoms with Gasteiger partial charge >= 0.3 is 0 Å². The van der Waals surface area contributed by atoms with Crippen molar-refractivity contribution in [2.24, 2.45) is 0 Å². The molecule has 0 aliphatic carbocycles. The van der Waals surface area contributed by atoms with E-state index >= 15 is 0 Å². The first-order chi connectivity index (χ1) is 7.27. The lowest BCUT2D eigenvalue weighted by molar-refractivity contribution is 0.340. The maximum absolute atomic E-state index is 6.27. The van der Waals surface area contributed by atoms with Crippen LogP contribution in [0.1, 0.15) is 44.1 Å². The van der Waals surface area contributed by atoms with Gasteiger partial charge in [0.15, 0.2) is 0 Å². The molecule has 0 aliphatic rings. The lowest BCUT2D eigenvalue weighted by Gasteiger charge is -2.10. The molecule has 0 N–H and O–H groups in total. The minimum atomic E-state index is 0.139. The highest BCUT2D eigenvalue weighted by Crippen LogP contribution is 2.27. The molecule has 0 saturated carbocycles. The molecular weight excluding hydrogens is 208 g/mol. The molecule has 1 atom stereocenters. The van der Waals surface area contributed by atoms with E-state index in [0.717, 1.165) is 12.2 Å². The largest absolute Gasteiger partial charge is 0.494 e. The van der Waals surface area contributed by atoms with Gasteiger partial charge in [0, 0.05) is 0 Å². The topological polar surface area (TPSA) is 9.23 Å². The van der Waals surface area contributed by atoms with E-state index in [0.29, 0.717) is 6.61 Å². The van der Waals surface area contributed by atoms with E-state index < -0.39 is 0 Å². The third-order valence-electron chi connectivity index (χ3n) is 2.36. The number of alkyl halides is 1. The van der Waals surface area contributed by atoms with Crippen molar-refractivity contribution >= 4 is 11.6 Å². The van der Waals surface area contributed by atoms with Gasteiger partial charge in [-0.1, -0.05) is 31.9 Å². The predicted molar refractivity (Wildman–Crippen MR) is 65.7 cm³/mol. The van der Waals surface area contributed by atoms with E-state index in [-0.39, 0.29) is 5.38 Å². The van der Waals surface area contributed by atoms with Crippen molar-refractivity contribution in [3.8, 4) is 5.75 Å². The van der Waals surface area contributed by atoms with Gasteiger partial charge in [0.05, 0.1) is 12.0 Å². The third kappa shape index (κ3) is 4.13. The number of unbranched alkanes of at least 4 members (excludes halogenated alkanes) is 1. The van der Waals surface area contributed by atoms with E-state index in [2.05, 4.69) is 19.1 Å². The third-order valence-corrected chi connectivity index (χ3v) is 2.83. The fraction of sp³-hybridized carbons (Fsp3) is 0.538. The molecule has 0 bridgehead atoms. The molecule has 0 radical (unpaired) electrons. The maximum Gasteiger partial charge on any atom is 0.119 e. The van der Waals surface area contributed by atoms with Gasteiger partial charge in [-0.25, -0.2) is 0 Å². The molecule has 1 aromatic rings. The van der Waals surface area contributed by atoms with Crippen molar-refractivity contribution in [1.82, 2.24) is 0 Å². The van der Waals surface area contributed by atoms with Crippen LogP contribution >= 0.6 is 11.6 Å². The van der Waals surface area contributed by atoms with E-state index in [1.807, 2.05) is 19.1 Å². The van der Waals surface area contributed by atoms with E-state index in [1.165, 1.54) is 18.4 Å². The van der Waals surface area contributed by atoms with Crippen molar-refractivity contribution in [3.05, 3.63) is 29.8 Å². The molecule has 0 fully saturated rings. The van der Waals surface area contributed by atoms with E-state index in [4.69, 9.17) is 16.3 Å². The highest BCUT2D eigenvalue weighted by atomic mass is 35.5. The molecule has 0 saturated heterocycles. The Morgan fingerprint density at radius 1 is 1.20 bits per heavy atom. The molecule has 0 aromatic heterocycles. The molecule has 1 rings (SSSR count). The van der Waals surface area contributed by atoms with E-state index in [9.17, 15) is 0 Å². The molecule has 0 spiro atoms. The quantitative estimate of drug-likeness (QED) is 0.647. The van der Waals surface area contributed by atoms with Crippen molar-refractivity contribution in [3.63, 3.8) is 0 Å². The number of hydrogen-bond donors (Lipinski definition) is 0. The summed E-state index contributed by atoms with van der Waals surface area (Å²) in [5.74, 6) is 0.917. The zero-order chi connectivity index (χ0) is 11.1. The van der Waals surface area contributed by atoms with Gasteiger partial charge in [0.25, 0.3) is 0 Å². The first-order valence-corrected chi connectivity index (χ1v) is 6.08. The highest BCUT2D eigenvalue weighted by Gasteiger charge is 2.06. The number of benzene rings is 1. The summed E-state index contributed by atoms with van der Waals surface area (Å²) in [5.41, 5.74) is 1.19. The smallest absolute Gasteiger partial charge is 0.119 e. The molecule has 0 heterocycles. The zero-order valence-electron chi connectivity index (χ0n) is 9.50. The number of hydrogen-bond acceptors (Lipinski definition) is 1. The molecule has 1 nitrogen and oxygen atoms in total. The summed E-state index contributed by atoms with van der Waals surface area (Å²) in [6, 6.07) is 8.08. The second-order valence-corrected chi connectivity index (χ2v) is 4.14. The van der Waals surface area contributed by atoms with Crippen LogP contribution in [0.2, 0.25) is 0 Å². The van der Waals surface area contributed by atoms with Crippen LogP contribution in [0.3, 0.4) is 0 Å². The maximum atomic E-state index is 6.27. The lowest BCUT2D eigenvalue weighted by atomic mass is 10.1. The van der Waals surface area contributed by atoms with Crippen LogP contribution in [0.5, 0.6) is 5.75 Å². The molecule has 1 aromatic carbocycles. The fourth-order valence-electron chi connectivity index (χ4n) is 1.49. The summed E-state index contributed by atoms with van der Waals surface area (Å²) in [4.78, 5) is 0. The first kappa shape index (κ1) is 12.4. The monoisotopic (exact) mass is 226 g/mol. The molecule has 2 heteroatoms. The Balaban J connectivity index is 2.54. The van der Waals surface area contributed by atoms with Crippen molar-refractivity contribution < 1.29 is 4.74 Å². The average Bonchev–Trinajstić information content (AvgIpc) is 2.27. The Morgan fingerprint density at radius 3 is 2.40 bits per heavy atom. The molecule has 0 aliphatic heterocycles. The standard InChI is InChI=1S/C13H19ClO/c1-3-5-6-13(14)11-7-9-12(10-8-11)15-4-2/h7-10,13H,3-6H2,1-2H3. The summed E-state index contributed by atoms with van der Waals surface area (Å²) in [6.07, 6.45) is 3.42. The van der Waals surface area contributed by atoms with Gasteiger partial charge in [-0.05, 0) is 31.0 Å². The van der Waals surface area contributed by atoms with Gasteiger partial charge in [-0.3, -0.25) is 0 Å². The van der Waals surface area contributed by atoms with Gasteiger partial charge in [-0.2, -0.15) is 0 Å². The van der Waals surface area contributed by atoms with Gasteiger partial charge < -0.3 is 4.74 Å². The fourth-order valence-corrected chi connectivity index (χ4v) is 1.79. The molecule has 1 unspecified atom stereocenters. The average molecular weight is 227 g/mol. The van der Waals surface area contributed by atoms with Gasteiger partial charge in [0.2, 0.25) is 0 Å². The van der Waals surface area contributed by atoms with Crippen LogP contribution in [0, 0.1) is 0 Å². The predicted octanol–water partition coefficient (Wildman–Crippen LogP) is 4.56. The summed E-state index contributed by atoms with van der Waals surface area (Å²) < 4.78 is 5.38. The SMILES string of the molecule is CCCCC(Cl)c1ccc(OCC)cc1. The second-order valence-electron chi connectivity index (χ2n) is 3.61. The zero-order valence-corrected chi connectivity index (χ0v) is 10.3. The number of ether oxygens (including phenoxy) is 1. The van der Waals surface area contributed by atoms with E-state index in [1.54, 1.807) is 0 Å². The second kappa shape index (κ2) is 6.73. The van der Waals surface area contributed by atoms with Gasteiger partial charge in [0.1, 0.15) is 5.75 Å². The van der Waals surface area contributed by atoms with Crippen LogP contribution in [0.25, 0.3) is 0 Å². The summed E-state index contributed by atoms with van der Waals surface area (Å²) in [7, 11) is 0.